The molecule has 0 heterocycles. The van der Waals surface area contributed by atoms with Gasteiger partial charge in [-0.25, -0.2) is 8.78 Å². The Balaban J connectivity index is 2.20. The second kappa shape index (κ2) is 5.96. The molecule has 0 radical (unpaired) electrons. The summed E-state index contributed by atoms with van der Waals surface area (Å²) in [5, 5.41) is 10.7. The molecule has 0 saturated carbocycles. The molecule has 0 aliphatic heterocycles. The van der Waals surface area contributed by atoms with Crippen molar-refractivity contribution in [2.75, 3.05) is 0 Å². The van der Waals surface area contributed by atoms with Crippen molar-refractivity contribution in [3.05, 3.63) is 68.2 Å². The number of benzene rings is 2. The third-order valence-electron chi connectivity index (χ3n) is 2.54. The van der Waals surface area contributed by atoms with E-state index in [1.165, 1.54) is 30.3 Å². The number of rotatable bonds is 4. The van der Waals surface area contributed by atoms with E-state index in [2.05, 4.69) is 15.9 Å². The van der Waals surface area contributed by atoms with E-state index in [-0.39, 0.29) is 23.6 Å². The first-order valence-corrected chi connectivity index (χ1v) is 6.28. The van der Waals surface area contributed by atoms with Crippen LogP contribution in [-0.4, -0.2) is 4.92 Å². The van der Waals surface area contributed by atoms with Gasteiger partial charge in [0, 0.05) is 11.6 Å². The Morgan fingerprint density at radius 2 is 2.00 bits per heavy atom. The van der Waals surface area contributed by atoms with Crippen molar-refractivity contribution < 1.29 is 18.4 Å². The molecule has 0 atom stereocenters. The van der Waals surface area contributed by atoms with Gasteiger partial charge in [-0.05, 0) is 28.1 Å². The highest BCUT2D eigenvalue weighted by Crippen LogP contribution is 2.30. The molecule has 2 aromatic carbocycles. The summed E-state index contributed by atoms with van der Waals surface area (Å²) < 4.78 is 32.2. The van der Waals surface area contributed by atoms with Crippen LogP contribution in [0.5, 0.6) is 5.75 Å². The normalized spacial score (nSPS) is 10.3. The molecule has 4 nitrogen and oxygen atoms in total. The Morgan fingerprint density at radius 3 is 2.70 bits per heavy atom. The van der Waals surface area contributed by atoms with Crippen molar-refractivity contribution in [2.24, 2.45) is 0 Å². The molecule has 0 unspecified atom stereocenters. The van der Waals surface area contributed by atoms with Gasteiger partial charge < -0.3 is 4.74 Å². The molecular formula is C13H8BrF2NO3. The van der Waals surface area contributed by atoms with Gasteiger partial charge in [-0.2, -0.15) is 0 Å². The lowest BCUT2D eigenvalue weighted by atomic mass is 10.2. The summed E-state index contributed by atoms with van der Waals surface area (Å²) >= 11 is 3.17. The number of nitro benzene ring substituents is 1. The quantitative estimate of drug-likeness (QED) is 0.617. The lowest BCUT2D eigenvalue weighted by Gasteiger charge is -2.09. The maximum atomic E-state index is 13.4. The van der Waals surface area contributed by atoms with E-state index >= 15 is 0 Å². The largest absolute Gasteiger partial charge is 0.487 e. The zero-order valence-corrected chi connectivity index (χ0v) is 11.6. The number of ether oxygens (including phenoxy) is 1. The Morgan fingerprint density at radius 1 is 1.25 bits per heavy atom. The highest BCUT2D eigenvalue weighted by atomic mass is 79.9. The Bertz CT molecular complexity index is 664. The summed E-state index contributed by atoms with van der Waals surface area (Å²) in [5.41, 5.74) is -0.119. The molecular weight excluding hydrogens is 336 g/mol. The van der Waals surface area contributed by atoms with Crippen LogP contribution in [0.25, 0.3) is 0 Å². The molecule has 0 amide bonds. The van der Waals surface area contributed by atoms with E-state index < -0.39 is 16.6 Å². The van der Waals surface area contributed by atoms with Crippen LogP contribution in [0.4, 0.5) is 14.5 Å². The van der Waals surface area contributed by atoms with E-state index in [0.717, 1.165) is 6.07 Å². The SMILES string of the molecule is O=[N+]([O-])c1ccc(Br)c(OCc2cccc(F)c2F)c1. The number of nitro groups is 1. The van der Waals surface area contributed by atoms with Crippen molar-refractivity contribution in [2.45, 2.75) is 6.61 Å². The molecule has 0 aliphatic rings. The van der Waals surface area contributed by atoms with E-state index in [1.807, 2.05) is 0 Å². The predicted molar refractivity (Wildman–Crippen MR) is 71.5 cm³/mol. The van der Waals surface area contributed by atoms with E-state index in [0.29, 0.717) is 4.47 Å². The van der Waals surface area contributed by atoms with Crippen LogP contribution in [0.3, 0.4) is 0 Å². The molecule has 7 heteroatoms. The lowest BCUT2D eigenvalue weighted by molar-refractivity contribution is -0.385. The zero-order chi connectivity index (χ0) is 14.7. The van der Waals surface area contributed by atoms with Crippen molar-refractivity contribution in [1.82, 2.24) is 0 Å². The minimum Gasteiger partial charge on any atom is -0.487 e. The first-order valence-electron chi connectivity index (χ1n) is 5.48. The molecule has 0 fully saturated rings. The topological polar surface area (TPSA) is 52.4 Å². The molecule has 0 aromatic heterocycles. The third kappa shape index (κ3) is 3.11. The third-order valence-corrected chi connectivity index (χ3v) is 3.20. The summed E-state index contributed by atoms with van der Waals surface area (Å²) in [4.78, 5) is 10.1. The highest BCUT2D eigenvalue weighted by Gasteiger charge is 2.12. The fraction of sp³-hybridized carbons (Fsp3) is 0.0769. The number of halogens is 3. The van der Waals surface area contributed by atoms with Gasteiger partial charge >= 0.3 is 0 Å². The smallest absolute Gasteiger partial charge is 0.273 e. The monoisotopic (exact) mass is 343 g/mol. The molecule has 0 bridgehead atoms. The highest BCUT2D eigenvalue weighted by molar-refractivity contribution is 9.10. The predicted octanol–water partition coefficient (Wildman–Crippen LogP) is 4.21. The summed E-state index contributed by atoms with van der Waals surface area (Å²) in [7, 11) is 0. The van der Waals surface area contributed by atoms with E-state index in [9.17, 15) is 18.9 Å². The maximum absolute atomic E-state index is 13.4. The van der Waals surface area contributed by atoms with Gasteiger partial charge in [-0.15, -0.1) is 0 Å². The van der Waals surface area contributed by atoms with Crippen LogP contribution in [0, 0.1) is 21.7 Å². The molecule has 0 saturated heterocycles. The van der Waals surface area contributed by atoms with Crippen molar-refractivity contribution in [3.63, 3.8) is 0 Å². The van der Waals surface area contributed by atoms with Crippen molar-refractivity contribution in [1.29, 1.82) is 0 Å². The van der Waals surface area contributed by atoms with Gasteiger partial charge in [0.1, 0.15) is 12.4 Å². The summed E-state index contributed by atoms with van der Waals surface area (Å²) in [5.74, 6) is -1.78. The second-order valence-corrected chi connectivity index (χ2v) is 4.73. The lowest BCUT2D eigenvalue weighted by Crippen LogP contribution is -2.01. The van der Waals surface area contributed by atoms with Crippen LogP contribution in [0.15, 0.2) is 40.9 Å². The second-order valence-electron chi connectivity index (χ2n) is 3.87. The average molecular weight is 344 g/mol. The van der Waals surface area contributed by atoms with Crippen LogP contribution >= 0.6 is 15.9 Å². The molecule has 0 aliphatic carbocycles. The van der Waals surface area contributed by atoms with Gasteiger partial charge in [0.25, 0.3) is 5.69 Å². The average Bonchev–Trinajstić information content (AvgIpc) is 2.41. The van der Waals surface area contributed by atoms with Crippen LogP contribution in [0.2, 0.25) is 0 Å². The molecule has 0 spiro atoms. The van der Waals surface area contributed by atoms with Gasteiger partial charge in [0.15, 0.2) is 11.6 Å². The fourth-order valence-electron chi connectivity index (χ4n) is 1.53. The molecule has 104 valence electrons. The standard InChI is InChI=1S/C13H8BrF2NO3/c14-10-5-4-9(17(18)19)6-12(10)20-7-8-2-1-3-11(15)13(8)16/h1-6H,7H2. The molecule has 2 rings (SSSR count). The summed E-state index contributed by atoms with van der Waals surface area (Å²) in [6.07, 6.45) is 0. The van der Waals surface area contributed by atoms with Gasteiger partial charge in [-0.1, -0.05) is 12.1 Å². The minimum absolute atomic E-state index is 0.0309. The van der Waals surface area contributed by atoms with Crippen LogP contribution in [0.1, 0.15) is 5.56 Å². The van der Waals surface area contributed by atoms with Crippen LogP contribution < -0.4 is 4.74 Å². The number of non-ortho nitro benzene ring substituents is 1. The molecule has 0 N–H and O–H groups in total. The Kier molecular flexibility index (Phi) is 4.29. The maximum Gasteiger partial charge on any atom is 0.273 e. The van der Waals surface area contributed by atoms with Crippen molar-refractivity contribution in [3.8, 4) is 5.75 Å². The number of hydrogen-bond acceptors (Lipinski definition) is 3. The first-order chi connectivity index (χ1) is 9.49. The Labute approximate surface area is 121 Å². The summed E-state index contributed by atoms with van der Waals surface area (Å²) in [6.45, 7) is -0.233. The van der Waals surface area contributed by atoms with Crippen molar-refractivity contribution >= 4 is 21.6 Å². The zero-order valence-electron chi connectivity index (χ0n) is 9.98. The van der Waals surface area contributed by atoms with E-state index in [1.54, 1.807) is 0 Å². The fourth-order valence-corrected chi connectivity index (χ4v) is 1.89. The molecule has 20 heavy (non-hydrogen) atoms. The molecule has 2 aromatic rings. The summed E-state index contributed by atoms with van der Waals surface area (Å²) in [6, 6.07) is 7.71. The van der Waals surface area contributed by atoms with Crippen LogP contribution in [-0.2, 0) is 6.61 Å². The van der Waals surface area contributed by atoms with Gasteiger partial charge in [0.2, 0.25) is 0 Å². The van der Waals surface area contributed by atoms with Gasteiger partial charge in [-0.3, -0.25) is 10.1 Å². The first kappa shape index (κ1) is 14.4. The Hall–Kier alpha value is -2.02. The van der Waals surface area contributed by atoms with E-state index in [4.69, 9.17) is 4.74 Å². The number of hydrogen-bond donors (Lipinski definition) is 0. The van der Waals surface area contributed by atoms with Gasteiger partial charge in [0.05, 0.1) is 15.5 Å². The minimum atomic E-state index is -0.992. The number of nitrogens with zero attached hydrogens (tertiary/aromatic N) is 1.